The molecule has 0 amide bonds. The molecule has 0 unspecified atom stereocenters. The lowest BCUT2D eigenvalue weighted by Crippen LogP contribution is -2.29. The highest BCUT2D eigenvalue weighted by atomic mass is 35.5. The van der Waals surface area contributed by atoms with Gasteiger partial charge >= 0.3 is 0 Å². The Morgan fingerprint density at radius 1 is 1.04 bits per heavy atom. The second-order valence-electron chi connectivity index (χ2n) is 7.11. The first kappa shape index (κ1) is 18.0. The van der Waals surface area contributed by atoms with Crippen LogP contribution in [0.3, 0.4) is 0 Å². The Bertz CT molecular complexity index is 995. The summed E-state index contributed by atoms with van der Waals surface area (Å²) in [5.74, 6) is 0. The van der Waals surface area contributed by atoms with Crippen LogP contribution in [-0.4, -0.2) is 28.2 Å². The first-order valence-electron chi connectivity index (χ1n) is 9.41. The standard InChI is InChI=1S/C21H23ClN4O/c22-20-19-12-17(7-8-18(19)21(27)25-24-20)23-13-15-5-4-6-16(11-15)14-26-9-2-1-3-10-26/h4-8,11-12,23H,1-3,9-10,13-14H2,(H,25,27). The average molecular weight is 383 g/mol. The van der Waals surface area contributed by atoms with Crippen LogP contribution in [0, 0.1) is 0 Å². The molecule has 6 heteroatoms. The van der Waals surface area contributed by atoms with Crippen LogP contribution in [0.2, 0.25) is 5.15 Å². The van der Waals surface area contributed by atoms with Crippen LogP contribution in [0.25, 0.3) is 10.8 Å². The number of rotatable bonds is 5. The molecule has 1 aliphatic heterocycles. The van der Waals surface area contributed by atoms with Crippen molar-refractivity contribution in [3.8, 4) is 0 Å². The minimum absolute atomic E-state index is 0.230. The molecule has 0 saturated carbocycles. The van der Waals surface area contributed by atoms with Crippen molar-refractivity contribution in [1.82, 2.24) is 15.1 Å². The quantitative estimate of drug-likeness (QED) is 0.695. The minimum atomic E-state index is -0.230. The number of anilines is 1. The average Bonchev–Trinajstić information content (AvgIpc) is 2.70. The van der Waals surface area contributed by atoms with E-state index in [1.54, 1.807) is 6.07 Å². The summed E-state index contributed by atoms with van der Waals surface area (Å²) in [6, 6.07) is 14.3. The van der Waals surface area contributed by atoms with Gasteiger partial charge in [-0.25, -0.2) is 5.10 Å². The molecule has 140 valence electrons. The largest absolute Gasteiger partial charge is 0.381 e. The third-order valence-corrected chi connectivity index (χ3v) is 5.37. The van der Waals surface area contributed by atoms with Gasteiger partial charge in [0, 0.05) is 24.2 Å². The molecule has 1 saturated heterocycles. The summed E-state index contributed by atoms with van der Waals surface area (Å²) in [6.45, 7) is 4.14. The fraction of sp³-hybridized carbons (Fsp3) is 0.333. The highest BCUT2D eigenvalue weighted by Gasteiger charge is 2.10. The van der Waals surface area contributed by atoms with Crippen LogP contribution >= 0.6 is 11.6 Å². The van der Waals surface area contributed by atoms with Crippen molar-refractivity contribution < 1.29 is 0 Å². The smallest absolute Gasteiger partial charge is 0.272 e. The Morgan fingerprint density at radius 2 is 1.85 bits per heavy atom. The van der Waals surface area contributed by atoms with Crippen molar-refractivity contribution in [2.75, 3.05) is 18.4 Å². The zero-order valence-electron chi connectivity index (χ0n) is 15.2. The van der Waals surface area contributed by atoms with E-state index in [1.165, 1.54) is 43.5 Å². The van der Waals surface area contributed by atoms with Gasteiger partial charge in [-0.3, -0.25) is 9.69 Å². The van der Waals surface area contributed by atoms with Gasteiger partial charge in [-0.15, -0.1) is 0 Å². The Balaban J connectivity index is 1.45. The van der Waals surface area contributed by atoms with Crippen molar-refractivity contribution >= 4 is 28.1 Å². The van der Waals surface area contributed by atoms with E-state index >= 15 is 0 Å². The van der Waals surface area contributed by atoms with Crippen molar-refractivity contribution in [2.24, 2.45) is 0 Å². The van der Waals surface area contributed by atoms with Gasteiger partial charge < -0.3 is 5.32 Å². The molecule has 0 radical (unpaired) electrons. The number of H-pyrrole nitrogens is 1. The van der Waals surface area contributed by atoms with Crippen molar-refractivity contribution in [3.63, 3.8) is 0 Å². The summed E-state index contributed by atoms with van der Waals surface area (Å²) in [6.07, 6.45) is 3.98. The summed E-state index contributed by atoms with van der Waals surface area (Å²) in [5, 5.41) is 11.1. The molecule has 2 aromatic carbocycles. The van der Waals surface area contributed by atoms with Gasteiger partial charge in [0.25, 0.3) is 5.56 Å². The number of aromatic nitrogens is 2. The topological polar surface area (TPSA) is 61.0 Å². The number of nitrogens with one attached hydrogen (secondary N) is 2. The number of hydrogen-bond acceptors (Lipinski definition) is 4. The zero-order chi connectivity index (χ0) is 18.6. The highest BCUT2D eigenvalue weighted by molar-refractivity contribution is 6.34. The number of piperidine rings is 1. The van der Waals surface area contributed by atoms with E-state index in [1.807, 2.05) is 12.1 Å². The number of fused-ring (bicyclic) bond motifs is 1. The lowest BCUT2D eigenvalue weighted by molar-refractivity contribution is 0.221. The fourth-order valence-electron chi connectivity index (χ4n) is 3.66. The van der Waals surface area contributed by atoms with Crippen LogP contribution in [0.15, 0.2) is 47.3 Å². The molecule has 0 aliphatic carbocycles. The predicted octanol–water partition coefficient (Wildman–Crippen LogP) is 4.17. The van der Waals surface area contributed by atoms with Crippen molar-refractivity contribution in [2.45, 2.75) is 32.4 Å². The highest BCUT2D eigenvalue weighted by Crippen LogP contribution is 2.22. The Morgan fingerprint density at radius 3 is 2.70 bits per heavy atom. The second-order valence-corrected chi connectivity index (χ2v) is 7.47. The van der Waals surface area contributed by atoms with Crippen LogP contribution < -0.4 is 10.9 Å². The lowest BCUT2D eigenvalue weighted by Gasteiger charge is -2.26. The Labute approximate surface area is 163 Å². The maximum atomic E-state index is 11.8. The molecule has 0 bridgehead atoms. The van der Waals surface area contributed by atoms with Crippen LogP contribution in [0.5, 0.6) is 0 Å². The van der Waals surface area contributed by atoms with E-state index in [2.05, 4.69) is 44.7 Å². The van der Waals surface area contributed by atoms with Crippen LogP contribution in [0.1, 0.15) is 30.4 Å². The van der Waals surface area contributed by atoms with E-state index in [0.717, 1.165) is 12.2 Å². The molecular weight excluding hydrogens is 360 g/mol. The summed E-state index contributed by atoms with van der Waals surface area (Å²) in [7, 11) is 0. The van der Waals surface area contributed by atoms with E-state index < -0.39 is 0 Å². The Hall–Kier alpha value is -2.37. The number of aromatic amines is 1. The molecule has 3 aromatic rings. The second kappa shape index (κ2) is 8.11. The van der Waals surface area contributed by atoms with E-state index in [0.29, 0.717) is 22.5 Å². The Kier molecular flexibility index (Phi) is 5.41. The van der Waals surface area contributed by atoms with Crippen molar-refractivity contribution in [1.29, 1.82) is 0 Å². The lowest BCUT2D eigenvalue weighted by atomic mass is 10.1. The van der Waals surface area contributed by atoms with Gasteiger partial charge in [-0.2, -0.15) is 5.10 Å². The number of nitrogens with zero attached hydrogens (tertiary/aromatic N) is 2. The maximum Gasteiger partial charge on any atom is 0.272 e. The van der Waals surface area contributed by atoms with Gasteiger partial charge in [0.05, 0.1) is 5.39 Å². The molecule has 4 rings (SSSR count). The minimum Gasteiger partial charge on any atom is -0.381 e. The van der Waals surface area contributed by atoms with Gasteiger partial charge in [0.2, 0.25) is 0 Å². The molecule has 1 aliphatic rings. The van der Waals surface area contributed by atoms with E-state index in [4.69, 9.17) is 11.6 Å². The van der Waals surface area contributed by atoms with Gasteiger partial charge in [0.1, 0.15) is 0 Å². The molecule has 1 fully saturated rings. The van der Waals surface area contributed by atoms with Gasteiger partial charge in [-0.1, -0.05) is 42.3 Å². The number of likely N-dealkylation sites (tertiary alicyclic amines) is 1. The molecule has 0 atom stereocenters. The summed E-state index contributed by atoms with van der Waals surface area (Å²) < 4.78 is 0. The predicted molar refractivity (Wildman–Crippen MR) is 110 cm³/mol. The summed E-state index contributed by atoms with van der Waals surface area (Å²) in [5.41, 5.74) is 3.28. The van der Waals surface area contributed by atoms with Gasteiger partial charge in [-0.05, 0) is 55.3 Å². The molecule has 0 spiro atoms. The monoisotopic (exact) mass is 382 g/mol. The number of halogens is 1. The van der Waals surface area contributed by atoms with Gasteiger partial charge in [0.15, 0.2) is 5.15 Å². The zero-order valence-corrected chi connectivity index (χ0v) is 15.9. The van der Waals surface area contributed by atoms with Crippen molar-refractivity contribution in [3.05, 3.63) is 69.1 Å². The molecule has 1 aromatic heterocycles. The molecule has 5 nitrogen and oxygen atoms in total. The molecule has 2 N–H and O–H groups in total. The molecule has 2 heterocycles. The number of benzene rings is 2. The maximum absolute atomic E-state index is 11.8. The first-order chi connectivity index (χ1) is 13.2. The summed E-state index contributed by atoms with van der Waals surface area (Å²) >= 11 is 6.12. The van der Waals surface area contributed by atoms with E-state index in [-0.39, 0.29) is 5.56 Å². The fourth-order valence-corrected chi connectivity index (χ4v) is 3.86. The van der Waals surface area contributed by atoms with E-state index in [9.17, 15) is 4.79 Å². The normalized spacial score (nSPS) is 15.1. The third-order valence-electron chi connectivity index (χ3n) is 5.08. The molecular formula is C21H23ClN4O. The summed E-state index contributed by atoms with van der Waals surface area (Å²) in [4.78, 5) is 14.4. The van der Waals surface area contributed by atoms with Crippen LogP contribution in [0.4, 0.5) is 5.69 Å². The van der Waals surface area contributed by atoms with Crippen LogP contribution in [-0.2, 0) is 13.1 Å². The third kappa shape index (κ3) is 4.31. The SMILES string of the molecule is O=c1[nH]nc(Cl)c2cc(NCc3cccc(CN4CCCCC4)c3)ccc12. The molecule has 27 heavy (non-hydrogen) atoms. The first-order valence-corrected chi connectivity index (χ1v) is 9.79. The number of hydrogen-bond donors (Lipinski definition) is 2.